The van der Waals surface area contributed by atoms with Gasteiger partial charge in [0.1, 0.15) is 36.5 Å². The summed E-state index contributed by atoms with van der Waals surface area (Å²) in [5, 5.41) is 15.9. The van der Waals surface area contributed by atoms with Gasteiger partial charge in [0.2, 0.25) is 0 Å². The molecule has 0 bridgehead atoms. The van der Waals surface area contributed by atoms with Crippen LogP contribution in [-0.4, -0.2) is 55.8 Å². The van der Waals surface area contributed by atoms with Gasteiger partial charge in [0.15, 0.2) is 0 Å². The summed E-state index contributed by atoms with van der Waals surface area (Å²) in [6, 6.07) is 7.03. The molecule has 0 spiro atoms. The average Bonchev–Trinajstić information content (AvgIpc) is 3.50. The van der Waals surface area contributed by atoms with E-state index in [4.69, 9.17) is 4.74 Å². The number of esters is 1. The molecular weight excluding hydrogens is 632 g/mol. The van der Waals surface area contributed by atoms with Crippen molar-refractivity contribution >= 4 is 11.9 Å². The first-order valence-electron chi connectivity index (χ1n) is 13.3. The number of hydrogen-bond donors (Lipinski definition) is 1. The number of benzene rings is 3. The number of carbonyl (C=O) groups excluding carboxylic acids is 2. The molecule has 46 heavy (non-hydrogen) atoms. The van der Waals surface area contributed by atoms with E-state index >= 15 is 4.39 Å². The minimum absolute atomic E-state index is 0.252. The number of hydrogen-bond acceptors (Lipinski definition) is 6. The molecule has 0 aliphatic rings. The quantitative estimate of drug-likeness (QED) is 0.170. The Balaban J connectivity index is 1.67. The summed E-state index contributed by atoms with van der Waals surface area (Å²) in [5.41, 5.74) is -5.45. The van der Waals surface area contributed by atoms with Gasteiger partial charge in [-0.1, -0.05) is 6.07 Å². The van der Waals surface area contributed by atoms with Gasteiger partial charge < -0.3 is 14.7 Å². The molecule has 0 saturated carbocycles. The first-order valence-corrected chi connectivity index (χ1v) is 13.3. The van der Waals surface area contributed by atoms with Gasteiger partial charge in [-0.25, -0.2) is 23.2 Å². The third-order valence-electron chi connectivity index (χ3n) is 7.16. The summed E-state index contributed by atoms with van der Waals surface area (Å²) in [5.74, 6) is -4.19. The van der Waals surface area contributed by atoms with E-state index < -0.39 is 83.9 Å². The fourth-order valence-corrected chi connectivity index (χ4v) is 4.66. The Labute approximate surface area is 255 Å². The van der Waals surface area contributed by atoms with Crippen molar-refractivity contribution in [2.45, 2.75) is 37.5 Å². The zero-order valence-electron chi connectivity index (χ0n) is 23.7. The summed E-state index contributed by atoms with van der Waals surface area (Å²) >= 11 is 0. The second-order valence-corrected chi connectivity index (χ2v) is 10.1. The van der Waals surface area contributed by atoms with Crippen molar-refractivity contribution in [1.29, 1.82) is 0 Å². The third-order valence-corrected chi connectivity index (χ3v) is 7.16. The number of nitrogens with zero attached hydrogens (tertiary/aromatic N) is 4. The van der Waals surface area contributed by atoms with Crippen molar-refractivity contribution in [1.82, 2.24) is 19.7 Å². The Kier molecular flexibility index (Phi) is 9.80. The lowest BCUT2D eigenvalue weighted by molar-refractivity contribution is -0.138. The number of aliphatic hydroxyl groups is 1. The molecule has 1 amide bonds. The van der Waals surface area contributed by atoms with E-state index in [0.717, 1.165) is 52.3 Å². The van der Waals surface area contributed by atoms with E-state index in [0.29, 0.717) is 30.3 Å². The van der Waals surface area contributed by atoms with Crippen LogP contribution < -0.4 is 0 Å². The van der Waals surface area contributed by atoms with Gasteiger partial charge in [0, 0.05) is 17.2 Å². The summed E-state index contributed by atoms with van der Waals surface area (Å²) in [6.45, 7) is -0.407. The van der Waals surface area contributed by atoms with E-state index in [9.17, 15) is 45.4 Å². The van der Waals surface area contributed by atoms with Gasteiger partial charge in [0.05, 0.1) is 35.8 Å². The minimum atomic E-state index is -4.71. The molecule has 0 radical (unpaired) electrons. The van der Waals surface area contributed by atoms with Crippen molar-refractivity contribution in [2.75, 3.05) is 13.2 Å². The molecule has 0 unspecified atom stereocenters. The Bertz CT molecular complexity index is 1660. The molecule has 4 aromatic rings. The maximum absolute atomic E-state index is 15.1. The Morgan fingerprint density at radius 3 is 1.96 bits per heavy atom. The zero-order chi connectivity index (χ0) is 33.9. The molecule has 1 heterocycles. The standard InChI is InChI=1S/C30H24F8N4O4/c1-18(28(45,15-41-17-39-16-40-41)24-11-10-23(31)14-25(24)32)42(26(43)19-2-6-21(7-3-19)29(33,34)35)12-13-46-27(44)20-4-8-22(9-5-20)30(36,37)38/h2-11,14,16-18,45H,12-13,15H2,1H3/t18-,28-/m1/s1. The molecule has 2 atom stereocenters. The monoisotopic (exact) mass is 656 g/mol. The van der Waals surface area contributed by atoms with Crippen LogP contribution in [0, 0.1) is 11.6 Å². The minimum Gasteiger partial charge on any atom is -0.460 e. The lowest BCUT2D eigenvalue weighted by atomic mass is 9.85. The van der Waals surface area contributed by atoms with E-state index in [-0.39, 0.29) is 11.1 Å². The molecule has 16 heteroatoms. The molecule has 0 aliphatic heterocycles. The van der Waals surface area contributed by atoms with Crippen molar-refractivity contribution in [2.24, 2.45) is 0 Å². The Hall–Kier alpha value is -4.86. The molecule has 4 rings (SSSR count). The second kappa shape index (κ2) is 13.2. The highest BCUT2D eigenvalue weighted by Gasteiger charge is 2.44. The molecule has 0 fully saturated rings. The molecule has 3 aromatic carbocycles. The first kappa shape index (κ1) is 34.0. The number of amides is 1. The number of alkyl halides is 6. The highest BCUT2D eigenvalue weighted by molar-refractivity contribution is 5.94. The van der Waals surface area contributed by atoms with Gasteiger partial charge in [-0.15, -0.1) is 0 Å². The zero-order valence-corrected chi connectivity index (χ0v) is 23.7. The van der Waals surface area contributed by atoms with E-state index in [1.807, 2.05) is 0 Å². The van der Waals surface area contributed by atoms with Crippen molar-refractivity contribution in [3.8, 4) is 0 Å². The Morgan fingerprint density at radius 1 is 0.891 bits per heavy atom. The summed E-state index contributed by atoms with van der Waals surface area (Å²) in [7, 11) is 0. The first-order chi connectivity index (χ1) is 21.5. The predicted octanol–water partition coefficient (Wildman–Crippen LogP) is 5.87. The Morgan fingerprint density at radius 2 is 1.46 bits per heavy atom. The molecule has 244 valence electrons. The summed E-state index contributed by atoms with van der Waals surface area (Å²) in [6.07, 6.45) is -7.07. The summed E-state index contributed by atoms with van der Waals surface area (Å²) in [4.78, 5) is 31.0. The van der Waals surface area contributed by atoms with Gasteiger partial charge >= 0.3 is 18.3 Å². The average molecular weight is 657 g/mol. The molecule has 1 N–H and O–H groups in total. The van der Waals surface area contributed by atoms with Crippen LogP contribution in [0.4, 0.5) is 35.1 Å². The van der Waals surface area contributed by atoms with Crippen LogP contribution in [0.25, 0.3) is 0 Å². The maximum atomic E-state index is 15.1. The normalized spacial score (nSPS) is 14.0. The molecule has 0 aliphatic carbocycles. The number of carbonyl (C=O) groups is 2. The smallest absolute Gasteiger partial charge is 0.416 e. The van der Waals surface area contributed by atoms with Crippen LogP contribution in [0.3, 0.4) is 0 Å². The molecule has 1 aromatic heterocycles. The number of aromatic nitrogens is 3. The molecule has 0 saturated heterocycles. The third kappa shape index (κ3) is 7.67. The fraction of sp³-hybridized carbons (Fsp3) is 0.267. The SMILES string of the molecule is C[C@@H](N(CCOC(=O)c1ccc(C(F)(F)F)cc1)C(=O)c1ccc(C(F)(F)F)cc1)[C@](O)(Cn1cncn1)c1ccc(F)cc1F. The number of ether oxygens (including phenoxy) is 1. The van der Waals surface area contributed by atoms with Gasteiger partial charge in [-0.3, -0.25) is 4.79 Å². The van der Waals surface area contributed by atoms with E-state index in [2.05, 4.69) is 10.1 Å². The largest absolute Gasteiger partial charge is 0.460 e. The topological polar surface area (TPSA) is 97.6 Å². The maximum Gasteiger partial charge on any atom is 0.416 e. The predicted molar refractivity (Wildman–Crippen MR) is 144 cm³/mol. The van der Waals surface area contributed by atoms with E-state index in [1.165, 1.54) is 13.3 Å². The molecular formula is C30H24F8N4O4. The molecule has 8 nitrogen and oxygen atoms in total. The van der Waals surface area contributed by atoms with Crippen molar-refractivity contribution < 1.29 is 54.6 Å². The lowest BCUT2D eigenvalue weighted by Gasteiger charge is -2.41. The van der Waals surface area contributed by atoms with E-state index in [1.54, 1.807) is 0 Å². The highest BCUT2D eigenvalue weighted by Crippen LogP contribution is 2.34. The van der Waals surface area contributed by atoms with Crippen LogP contribution in [-0.2, 0) is 29.2 Å². The van der Waals surface area contributed by atoms with Crippen LogP contribution in [0.2, 0.25) is 0 Å². The van der Waals surface area contributed by atoms with Crippen LogP contribution in [0.15, 0.2) is 79.4 Å². The number of rotatable bonds is 10. The second-order valence-electron chi connectivity index (χ2n) is 10.1. The van der Waals surface area contributed by atoms with Crippen molar-refractivity contribution in [3.63, 3.8) is 0 Å². The van der Waals surface area contributed by atoms with Crippen LogP contribution in [0.1, 0.15) is 44.3 Å². The number of halogens is 8. The van der Waals surface area contributed by atoms with Gasteiger partial charge in [-0.2, -0.15) is 31.4 Å². The van der Waals surface area contributed by atoms with Gasteiger partial charge in [0.25, 0.3) is 5.91 Å². The van der Waals surface area contributed by atoms with Gasteiger partial charge in [-0.05, 0) is 61.5 Å². The van der Waals surface area contributed by atoms with Crippen molar-refractivity contribution in [3.05, 3.63) is 119 Å². The van der Waals surface area contributed by atoms with Crippen LogP contribution in [0.5, 0.6) is 0 Å². The van der Waals surface area contributed by atoms with Crippen LogP contribution >= 0.6 is 0 Å². The highest BCUT2D eigenvalue weighted by atomic mass is 19.4. The summed E-state index contributed by atoms with van der Waals surface area (Å²) < 4.78 is 113. The fourth-order valence-electron chi connectivity index (χ4n) is 4.66. The lowest BCUT2D eigenvalue weighted by Crippen LogP contribution is -2.54.